The largest absolute Gasteiger partial charge is 0.409 e. The standard InChI is InChI=1S/C9H17N3O2S/c1-6(15-2)5-11-8(13)9(3-4-9)7(10)12-14/h6,14H,3-5H2,1-2H3,(H2,10,12)(H,11,13). The minimum Gasteiger partial charge on any atom is -0.409 e. The highest BCUT2D eigenvalue weighted by atomic mass is 32.2. The molecule has 4 N–H and O–H groups in total. The second-order valence-corrected chi connectivity index (χ2v) is 5.10. The van der Waals surface area contributed by atoms with Gasteiger partial charge in [-0.15, -0.1) is 0 Å². The normalized spacial score (nSPS) is 20.8. The number of thioether (sulfide) groups is 1. The maximum atomic E-state index is 11.8. The van der Waals surface area contributed by atoms with E-state index in [4.69, 9.17) is 10.9 Å². The first-order valence-corrected chi connectivity index (χ1v) is 6.14. The molecule has 6 heteroatoms. The first-order chi connectivity index (χ1) is 7.06. The molecule has 0 heterocycles. The first-order valence-electron chi connectivity index (χ1n) is 4.86. The van der Waals surface area contributed by atoms with Crippen molar-refractivity contribution in [2.24, 2.45) is 16.3 Å². The predicted octanol–water partition coefficient (Wildman–Crippen LogP) is 0.381. The molecule has 0 bridgehead atoms. The van der Waals surface area contributed by atoms with E-state index in [1.54, 1.807) is 11.8 Å². The Labute approximate surface area is 93.5 Å². The van der Waals surface area contributed by atoms with Crippen LogP contribution in [0.4, 0.5) is 0 Å². The minimum atomic E-state index is -0.729. The molecule has 0 aromatic carbocycles. The van der Waals surface area contributed by atoms with Gasteiger partial charge < -0.3 is 16.3 Å². The lowest BCUT2D eigenvalue weighted by atomic mass is 10.1. The molecule has 1 fully saturated rings. The van der Waals surface area contributed by atoms with Crippen molar-refractivity contribution in [1.82, 2.24) is 5.32 Å². The summed E-state index contributed by atoms with van der Waals surface area (Å²) in [5.74, 6) is -0.101. The zero-order chi connectivity index (χ0) is 11.5. The average molecular weight is 231 g/mol. The summed E-state index contributed by atoms with van der Waals surface area (Å²) in [7, 11) is 0. The molecule has 0 aliphatic heterocycles. The topological polar surface area (TPSA) is 87.7 Å². The number of oxime groups is 1. The Kier molecular flexibility index (Phi) is 3.84. The van der Waals surface area contributed by atoms with E-state index in [0.717, 1.165) is 0 Å². The SMILES string of the molecule is CSC(C)CNC(=O)C1(C(N)=NO)CC1. The maximum absolute atomic E-state index is 11.8. The van der Waals surface area contributed by atoms with Gasteiger partial charge in [-0.05, 0) is 19.1 Å². The highest BCUT2D eigenvalue weighted by molar-refractivity contribution is 7.99. The summed E-state index contributed by atoms with van der Waals surface area (Å²) in [5, 5.41) is 14.7. The zero-order valence-electron chi connectivity index (χ0n) is 8.99. The van der Waals surface area contributed by atoms with Crippen LogP contribution in [-0.2, 0) is 4.79 Å². The second kappa shape index (κ2) is 4.74. The number of rotatable bonds is 5. The molecule has 5 nitrogen and oxygen atoms in total. The van der Waals surface area contributed by atoms with E-state index in [2.05, 4.69) is 10.5 Å². The number of nitrogens with one attached hydrogen (secondary N) is 1. The van der Waals surface area contributed by atoms with Crippen LogP contribution in [0.25, 0.3) is 0 Å². The van der Waals surface area contributed by atoms with Gasteiger partial charge in [0.15, 0.2) is 5.84 Å². The van der Waals surface area contributed by atoms with Gasteiger partial charge in [0.2, 0.25) is 5.91 Å². The highest BCUT2D eigenvalue weighted by Gasteiger charge is 2.54. The fraction of sp³-hybridized carbons (Fsp3) is 0.778. The van der Waals surface area contributed by atoms with Crippen molar-refractivity contribution < 1.29 is 10.0 Å². The van der Waals surface area contributed by atoms with Crippen molar-refractivity contribution in [2.75, 3.05) is 12.8 Å². The Balaban J connectivity index is 2.48. The molecule has 1 rings (SSSR count). The summed E-state index contributed by atoms with van der Waals surface area (Å²) >= 11 is 1.69. The molecule has 1 unspecified atom stereocenters. The molecular formula is C9H17N3O2S. The molecule has 0 saturated heterocycles. The number of amides is 1. The van der Waals surface area contributed by atoms with Gasteiger partial charge in [-0.2, -0.15) is 11.8 Å². The smallest absolute Gasteiger partial charge is 0.233 e. The van der Waals surface area contributed by atoms with E-state index in [-0.39, 0.29) is 11.7 Å². The van der Waals surface area contributed by atoms with Crippen LogP contribution in [0.3, 0.4) is 0 Å². The lowest BCUT2D eigenvalue weighted by Gasteiger charge is -2.15. The third-order valence-corrected chi connectivity index (χ3v) is 3.71. The second-order valence-electron chi connectivity index (χ2n) is 3.82. The molecule has 1 atom stereocenters. The van der Waals surface area contributed by atoms with Crippen LogP contribution in [0.2, 0.25) is 0 Å². The molecule has 1 aliphatic carbocycles. The predicted molar refractivity (Wildman–Crippen MR) is 61.1 cm³/mol. The van der Waals surface area contributed by atoms with Crippen LogP contribution in [0.5, 0.6) is 0 Å². The Morgan fingerprint density at radius 1 is 1.73 bits per heavy atom. The van der Waals surface area contributed by atoms with E-state index in [9.17, 15) is 4.79 Å². The Bertz CT molecular complexity index is 277. The van der Waals surface area contributed by atoms with Gasteiger partial charge in [0, 0.05) is 11.8 Å². The molecule has 86 valence electrons. The molecule has 1 amide bonds. The van der Waals surface area contributed by atoms with E-state index in [1.807, 2.05) is 13.2 Å². The summed E-state index contributed by atoms with van der Waals surface area (Å²) in [5.41, 5.74) is 4.76. The number of nitrogens with zero attached hydrogens (tertiary/aromatic N) is 1. The summed E-state index contributed by atoms with van der Waals surface area (Å²) in [6.45, 7) is 2.65. The summed E-state index contributed by atoms with van der Waals surface area (Å²) < 4.78 is 0. The summed E-state index contributed by atoms with van der Waals surface area (Å²) in [4.78, 5) is 11.8. The fourth-order valence-corrected chi connectivity index (χ4v) is 1.56. The quantitative estimate of drug-likeness (QED) is 0.276. The van der Waals surface area contributed by atoms with Gasteiger partial charge in [0.25, 0.3) is 0 Å². The first kappa shape index (κ1) is 12.2. The van der Waals surface area contributed by atoms with E-state index >= 15 is 0 Å². The van der Waals surface area contributed by atoms with Gasteiger partial charge in [-0.25, -0.2) is 0 Å². The monoisotopic (exact) mass is 231 g/mol. The highest BCUT2D eigenvalue weighted by Crippen LogP contribution is 2.45. The molecule has 1 aliphatic rings. The number of carbonyl (C=O) groups excluding carboxylic acids is 1. The Hall–Kier alpha value is -0.910. The van der Waals surface area contributed by atoms with E-state index < -0.39 is 5.41 Å². The molecule has 0 aromatic heterocycles. The lowest BCUT2D eigenvalue weighted by Crippen LogP contribution is -2.42. The van der Waals surface area contributed by atoms with Crippen molar-refractivity contribution >= 4 is 23.5 Å². The van der Waals surface area contributed by atoms with Gasteiger partial charge in [0.1, 0.15) is 5.41 Å². The third kappa shape index (κ3) is 2.56. The molecule has 0 aromatic rings. The van der Waals surface area contributed by atoms with Crippen LogP contribution in [-0.4, -0.2) is 35.0 Å². The number of hydrogen-bond acceptors (Lipinski definition) is 4. The third-order valence-electron chi connectivity index (χ3n) is 2.74. The van der Waals surface area contributed by atoms with Gasteiger partial charge in [0.05, 0.1) is 0 Å². The van der Waals surface area contributed by atoms with E-state index in [0.29, 0.717) is 24.6 Å². The Morgan fingerprint density at radius 2 is 2.33 bits per heavy atom. The minimum absolute atomic E-state index is 0.0248. The molecular weight excluding hydrogens is 214 g/mol. The van der Waals surface area contributed by atoms with Crippen LogP contribution < -0.4 is 11.1 Å². The number of hydrogen-bond donors (Lipinski definition) is 3. The van der Waals surface area contributed by atoms with Gasteiger partial charge in [-0.1, -0.05) is 12.1 Å². The number of nitrogens with two attached hydrogens (primary N) is 1. The van der Waals surface area contributed by atoms with Crippen molar-refractivity contribution in [3.63, 3.8) is 0 Å². The fourth-order valence-electron chi connectivity index (χ4n) is 1.31. The van der Waals surface area contributed by atoms with Crippen LogP contribution in [0.15, 0.2) is 5.16 Å². The van der Waals surface area contributed by atoms with E-state index in [1.165, 1.54) is 0 Å². The van der Waals surface area contributed by atoms with Crippen molar-refractivity contribution in [3.05, 3.63) is 0 Å². The number of carbonyl (C=O) groups is 1. The average Bonchev–Trinajstić information content (AvgIpc) is 3.05. The molecule has 0 radical (unpaired) electrons. The van der Waals surface area contributed by atoms with Crippen molar-refractivity contribution in [2.45, 2.75) is 25.0 Å². The van der Waals surface area contributed by atoms with Crippen LogP contribution >= 0.6 is 11.8 Å². The van der Waals surface area contributed by atoms with Crippen LogP contribution in [0.1, 0.15) is 19.8 Å². The maximum Gasteiger partial charge on any atom is 0.233 e. The molecule has 15 heavy (non-hydrogen) atoms. The Morgan fingerprint density at radius 3 is 2.73 bits per heavy atom. The summed E-state index contributed by atoms with van der Waals surface area (Å²) in [6, 6.07) is 0. The van der Waals surface area contributed by atoms with Gasteiger partial charge in [-0.3, -0.25) is 4.79 Å². The zero-order valence-corrected chi connectivity index (χ0v) is 9.80. The van der Waals surface area contributed by atoms with Crippen molar-refractivity contribution in [3.8, 4) is 0 Å². The lowest BCUT2D eigenvalue weighted by molar-refractivity contribution is -0.124. The van der Waals surface area contributed by atoms with Gasteiger partial charge >= 0.3 is 0 Å². The van der Waals surface area contributed by atoms with Crippen LogP contribution in [0, 0.1) is 5.41 Å². The molecule has 1 saturated carbocycles. The number of amidine groups is 1. The molecule has 0 spiro atoms. The van der Waals surface area contributed by atoms with Crippen molar-refractivity contribution in [1.29, 1.82) is 0 Å². The summed E-state index contributed by atoms with van der Waals surface area (Å²) in [6.07, 6.45) is 3.33.